The molecule has 1 aliphatic carbocycles. The fourth-order valence-electron chi connectivity index (χ4n) is 5.12. The van der Waals surface area contributed by atoms with E-state index in [2.05, 4.69) is 37.3 Å². The standard InChI is InChI=1S/C30H36O3S/c1-24-21-25(11-7-4-10-20-34(31,32)29-14-8-3-9-15-29)16-17-27-22-28(18-19-30(24)27)33-23-26-12-5-2-6-13-26/h2-3,5-6,8-9,12-15,18-19,22,24-25H,4,7,10-11,16-17,20-21,23H2,1H3. The van der Waals surface area contributed by atoms with E-state index < -0.39 is 9.84 Å². The Kier molecular flexibility index (Phi) is 8.44. The highest BCUT2D eigenvalue weighted by molar-refractivity contribution is 7.91. The van der Waals surface area contributed by atoms with E-state index in [1.165, 1.54) is 36.0 Å². The second kappa shape index (κ2) is 11.7. The molecule has 34 heavy (non-hydrogen) atoms. The van der Waals surface area contributed by atoms with Gasteiger partial charge in [-0.05, 0) is 78.5 Å². The fourth-order valence-corrected chi connectivity index (χ4v) is 6.52. The van der Waals surface area contributed by atoms with E-state index in [0.29, 0.717) is 23.3 Å². The molecular weight excluding hydrogens is 440 g/mol. The van der Waals surface area contributed by atoms with Gasteiger partial charge in [-0.15, -0.1) is 0 Å². The molecule has 180 valence electrons. The number of hydrogen-bond acceptors (Lipinski definition) is 3. The molecule has 0 amide bonds. The Bertz CT molecular complexity index is 1140. The molecule has 3 aromatic carbocycles. The van der Waals surface area contributed by atoms with Crippen LogP contribution >= 0.6 is 0 Å². The van der Waals surface area contributed by atoms with Gasteiger partial charge < -0.3 is 4.74 Å². The predicted molar refractivity (Wildman–Crippen MR) is 139 cm³/mol. The van der Waals surface area contributed by atoms with Gasteiger partial charge in [-0.1, -0.05) is 80.8 Å². The molecular formula is C30H36O3S. The van der Waals surface area contributed by atoms with Gasteiger partial charge in [-0.25, -0.2) is 8.42 Å². The predicted octanol–water partition coefficient (Wildman–Crippen LogP) is 7.36. The SMILES string of the molecule is CC1CC(CCCCCS(=O)(=O)c2ccccc2)CCc2cc(OCc3ccccc3)ccc21. The van der Waals surface area contributed by atoms with E-state index in [1.54, 1.807) is 24.3 Å². The van der Waals surface area contributed by atoms with Crippen molar-refractivity contribution >= 4 is 9.84 Å². The smallest absolute Gasteiger partial charge is 0.178 e. The molecule has 0 fully saturated rings. The third-order valence-corrected chi connectivity index (χ3v) is 8.85. The van der Waals surface area contributed by atoms with Crippen LogP contribution in [0.4, 0.5) is 0 Å². The summed E-state index contributed by atoms with van der Waals surface area (Å²) >= 11 is 0. The van der Waals surface area contributed by atoms with Crippen LogP contribution < -0.4 is 4.74 Å². The van der Waals surface area contributed by atoms with Crippen LogP contribution in [0.3, 0.4) is 0 Å². The maximum Gasteiger partial charge on any atom is 0.178 e. The maximum atomic E-state index is 12.5. The Hall–Kier alpha value is -2.59. The lowest BCUT2D eigenvalue weighted by Gasteiger charge is -2.18. The van der Waals surface area contributed by atoms with Crippen LogP contribution in [0.25, 0.3) is 0 Å². The van der Waals surface area contributed by atoms with E-state index in [1.807, 2.05) is 24.3 Å². The van der Waals surface area contributed by atoms with E-state index in [-0.39, 0.29) is 5.75 Å². The molecule has 4 rings (SSSR count). The first kappa shape index (κ1) is 24.5. The van der Waals surface area contributed by atoms with Crippen LogP contribution in [0.15, 0.2) is 83.8 Å². The van der Waals surface area contributed by atoms with Crippen LogP contribution in [-0.2, 0) is 22.9 Å². The molecule has 2 unspecified atom stereocenters. The summed E-state index contributed by atoms with van der Waals surface area (Å²) in [5, 5.41) is 0. The quantitative estimate of drug-likeness (QED) is 0.227. The number of unbranched alkanes of at least 4 members (excludes halogenated alkanes) is 2. The summed E-state index contributed by atoms with van der Waals surface area (Å²) in [4.78, 5) is 0.442. The molecule has 0 aromatic heterocycles. The summed E-state index contributed by atoms with van der Waals surface area (Å²) < 4.78 is 31.0. The Labute approximate surface area is 205 Å². The molecule has 3 aromatic rings. The van der Waals surface area contributed by atoms with Gasteiger partial charge in [0.05, 0.1) is 10.6 Å². The topological polar surface area (TPSA) is 43.4 Å². The van der Waals surface area contributed by atoms with Crippen molar-refractivity contribution in [2.75, 3.05) is 5.75 Å². The molecule has 0 radical (unpaired) electrons. The van der Waals surface area contributed by atoms with E-state index >= 15 is 0 Å². The normalized spacial score (nSPS) is 18.1. The minimum Gasteiger partial charge on any atom is -0.489 e. The highest BCUT2D eigenvalue weighted by atomic mass is 32.2. The molecule has 4 heteroatoms. The molecule has 0 heterocycles. The molecule has 3 nitrogen and oxygen atoms in total. The lowest BCUT2D eigenvalue weighted by Crippen LogP contribution is -2.07. The van der Waals surface area contributed by atoms with Gasteiger partial charge in [-0.2, -0.15) is 0 Å². The average molecular weight is 477 g/mol. The van der Waals surface area contributed by atoms with Gasteiger partial charge >= 0.3 is 0 Å². The second-order valence-electron chi connectivity index (χ2n) is 9.66. The minimum atomic E-state index is -3.16. The number of benzene rings is 3. The zero-order valence-corrected chi connectivity index (χ0v) is 21.0. The molecule has 2 atom stereocenters. The number of fused-ring (bicyclic) bond motifs is 1. The molecule has 0 spiro atoms. The summed E-state index contributed by atoms with van der Waals surface area (Å²) in [6, 6.07) is 25.7. The number of sulfone groups is 1. The van der Waals surface area contributed by atoms with Crippen molar-refractivity contribution in [3.05, 3.63) is 95.6 Å². The lowest BCUT2D eigenvalue weighted by molar-refractivity contribution is 0.306. The van der Waals surface area contributed by atoms with Crippen LogP contribution in [-0.4, -0.2) is 14.2 Å². The van der Waals surface area contributed by atoms with E-state index in [9.17, 15) is 8.42 Å². The van der Waals surface area contributed by atoms with Crippen LogP contribution in [0.2, 0.25) is 0 Å². The summed E-state index contributed by atoms with van der Waals surface area (Å²) in [6.07, 6.45) is 7.49. The van der Waals surface area contributed by atoms with Crippen molar-refractivity contribution in [1.29, 1.82) is 0 Å². The van der Waals surface area contributed by atoms with Crippen molar-refractivity contribution in [3.63, 3.8) is 0 Å². The maximum absolute atomic E-state index is 12.5. The average Bonchev–Trinajstić information content (AvgIpc) is 3.02. The van der Waals surface area contributed by atoms with Crippen molar-refractivity contribution < 1.29 is 13.2 Å². The van der Waals surface area contributed by atoms with Crippen LogP contribution in [0, 0.1) is 5.92 Å². The van der Waals surface area contributed by atoms with E-state index in [4.69, 9.17) is 4.74 Å². The van der Waals surface area contributed by atoms with Gasteiger partial charge in [0, 0.05) is 0 Å². The van der Waals surface area contributed by atoms with Gasteiger partial charge in [0.2, 0.25) is 0 Å². The number of aryl methyl sites for hydroxylation is 1. The van der Waals surface area contributed by atoms with Crippen LogP contribution in [0.5, 0.6) is 5.75 Å². The summed E-state index contributed by atoms with van der Waals surface area (Å²) in [6.45, 7) is 2.94. The minimum absolute atomic E-state index is 0.245. The third-order valence-electron chi connectivity index (χ3n) is 7.03. The van der Waals surface area contributed by atoms with Crippen molar-refractivity contribution in [2.45, 2.75) is 69.3 Å². The van der Waals surface area contributed by atoms with E-state index in [0.717, 1.165) is 31.4 Å². The van der Waals surface area contributed by atoms with Gasteiger partial charge in [-0.3, -0.25) is 0 Å². The first-order chi connectivity index (χ1) is 16.5. The molecule has 1 aliphatic rings. The highest BCUT2D eigenvalue weighted by Crippen LogP contribution is 2.37. The van der Waals surface area contributed by atoms with Gasteiger partial charge in [0.25, 0.3) is 0 Å². The Morgan fingerprint density at radius 3 is 2.38 bits per heavy atom. The van der Waals surface area contributed by atoms with Crippen LogP contribution in [0.1, 0.15) is 68.1 Å². The summed E-state index contributed by atoms with van der Waals surface area (Å²) in [7, 11) is -3.16. The van der Waals surface area contributed by atoms with Crippen molar-refractivity contribution in [3.8, 4) is 5.75 Å². The molecule has 0 saturated carbocycles. The number of rotatable bonds is 10. The monoisotopic (exact) mass is 476 g/mol. The van der Waals surface area contributed by atoms with Crippen molar-refractivity contribution in [1.82, 2.24) is 0 Å². The summed E-state index contributed by atoms with van der Waals surface area (Å²) in [5.41, 5.74) is 4.07. The largest absolute Gasteiger partial charge is 0.489 e. The number of ether oxygens (including phenoxy) is 1. The first-order valence-corrected chi connectivity index (χ1v) is 14.2. The zero-order chi connectivity index (χ0) is 23.8. The highest BCUT2D eigenvalue weighted by Gasteiger charge is 2.22. The summed E-state index contributed by atoms with van der Waals surface area (Å²) in [5.74, 6) is 2.44. The fraction of sp³-hybridized carbons (Fsp3) is 0.400. The zero-order valence-electron chi connectivity index (χ0n) is 20.2. The first-order valence-electron chi connectivity index (χ1n) is 12.6. The van der Waals surface area contributed by atoms with Gasteiger partial charge in [0.1, 0.15) is 12.4 Å². The molecule has 0 aliphatic heterocycles. The van der Waals surface area contributed by atoms with Gasteiger partial charge in [0.15, 0.2) is 9.84 Å². The molecule has 0 bridgehead atoms. The Balaban J connectivity index is 1.24. The Morgan fingerprint density at radius 1 is 0.882 bits per heavy atom. The van der Waals surface area contributed by atoms with Crippen molar-refractivity contribution in [2.24, 2.45) is 5.92 Å². The second-order valence-corrected chi connectivity index (χ2v) is 11.8. The lowest BCUT2D eigenvalue weighted by atomic mass is 9.88. The molecule has 0 N–H and O–H groups in total. The Morgan fingerprint density at radius 2 is 1.62 bits per heavy atom. The third kappa shape index (κ3) is 6.73. The number of hydrogen-bond donors (Lipinski definition) is 0. The molecule has 0 saturated heterocycles.